The van der Waals surface area contributed by atoms with Crippen LogP contribution in [0.15, 0.2) is 36.4 Å². The first-order valence-electron chi connectivity index (χ1n) is 6.97. The van der Waals surface area contributed by atoms with Crippen molar-refractivity contribution in [3.05, 3.63) is 57.3 Å². The average molecular weight is 330 g/mol. The molecular formula is C16H14N2O4S. The lowest BCUT2D eigenvalue weighted by Gasteiger charge is -2.34. The number of carbonyl (C=O) groups is 3. The van der Waals surface area contributed by atoms with Gasteiger partial charge in [0.25, 0.3) is 11.8 Å². The molecule has 0 fully saturated rings. The van der Waals surface area contributed by atoms with Crippen molar-refractivity contribution < 1.29 is 19.5 Å². The molecule has 1 aromatic carbocycles. The number of hydrogen-bond acceptors (Lipinski definition) is 4. The topological polar surface area (TPSA) is 101 Å². The highest BCUT2D eigenvalue weighted by atomic mass is 32.1. The van der Waals surface area contributed by atoms with E-state index in [9.17, 15) is 19.5 Å². The van der Waals surface area contributed by atoms with Crippen LogP contribution in [0.25, 0.3) is 0 Å². The average Bonchev–Trinajstić information content (AvgIpc) is 3.03. The van der Waals surface area contributed by atoms with Crippen LogP contribution in [-0.2, 0) is 17.8 Å². The molecule has 0 spiro atoms. The van der Waals surface area contributed by atoms with E-state index in [-0.39, 0.29) is 17.8 Å². The van der Waals surface area contributed by atoms with Crippen LogP contribution in [0.4, 0.5) is 0 Å². The van der Waals surface area contributed by atoms with Gasteiger partial charge < -0.3 is 15.7 Å². The third-order valence-electron chi connectivity index (χ3n) is 3.85. The molecule has 0 radical (unpaired) electrons. The molecular weight excluding hydrogens is 316 g/mol. The molecule has 0 bridgehead atoms. The maximum atomic E-state index is 12.7. The molecule has 1 unspecified atom stereocenters. The molecule has 7 heteroatoms. The number of amides is 2. The van der Waals surface area contributed by atoms with E-state index in [2.05, 4.69) is 0 Å². The zero-order valence-electron chi connectivity index (χ0n) is 12.1. The van der Waals surface area contributed by atoms with Crippen LogP contribution < -0.4 is 5.73 Å². The molecule has 1 atom stereocenters. The summed E-state index contributed by atoms with van der Waals surface area (Å²) in [4.78, 5) is 37.3. The summed E-state index contributed by atoms with van der Waals surface area (Å²) in [6.07, 6.45) is 0.269. The lowest BCUT2D eigenvalue weighted by molar-refractivity contribution is -0.142. The second-order valence-corrected chi connectivity index (χ2v) is 6.37. The SMILES string of the molecule is NC(=O)c1ccc(C(=O)N2Cc3ccccc3CC2C(=O)O)s1. The lowest BCUT2D eigenvalue weighted by atomic mass is 9.94. The summed E-state index contributed by atoms with van der Waals surface area (Å²) < 4.78 is 0. The van der Waals surface area contributed by atoms with Crippen LogP contribution in [0.3, 0.4) is 0 Å². The normalized spacial score (nSPS) is 16.7. The van der Waals surface area contributed by atoms with E-state index in [1.165, 1.54) is 17.0 Å². The molecule has 6 nitrogen and oxygen atoms in total. The maximum Gasteiger partial charge on any atom is 0.326 e. The highest BCUT2D eigenvalue weighted by molar-refractivity contribution is 7.15. The van der Waals surface area contributed by atoms with Crippen molar-refractivity contribution in [2.75, 3.05) is 0 Å². The first-order valence-corrected chi connectivity index (χ1v) is 7.79. The molecule has 2 aromatic rings. The number of primary amides is 1. The zero-order chi connectivity index (χ0) is 16.6. The Morgan fingerprint density at radius 1 is 1.09 bits per heavy atom. The number of nitrogens with two attached hydrogens (primary N) is 1. The second kappa shape index (κ2) is 5.85. The Morgan fingerprint density at radius 2 is 1.74 bits per heavy atom. The van der Waals surface area contributed by atoms with Gasteiger partial charge in [-0.2, -0.15) is 0 Å². The number of carboxylic acid groups (broad SMARTS) is 1. The second-order valence-electron chi connectivity index (χ2n) is 5.29. The minimum absolute atomic E-state index is 0.232. The third-order valence-corrected chi connectivity index (χ3v) is 4.94. The number of benzene rings is 1. The van der Waals surface area contributed by atoms with Crippen LogP contribution in [0.1, 0.15) is 30.5 Å². The van der Waals surface area contributed by atoms with Crippen LogP contribution in [-0.4, -0.2) is 33.8 Å². The summed E-state index contributed by atoms with van der Waals surface area (Å²) in [5.41, 5.74) is 7.07. The van der Waals surface area contributed by atoms with E-state index in [0.717, 1.165) is 22.5 Å². The molecule has 0 saturated carbocycles. The molecule has 2 amide bonds. The van der Waals surface area contributed by atoms with E-state index in [1.54, 1.807) is 0 Å². The fraction of sp³-hybridized carbons (Fsp3) is 0.188. The van der Waals surface area contributed by atoms with Crippen molar-refractivity contribution in [3.8, 4) is 0 Å². The van der Waals surface area contributed by atoms with Gasteiger partial charge in [-0.1, -0.05) is 24.3 Å². The summed E-state index contributed by atoms with van der Waals surface area (Å²) in [5.74, 6) is -2.04. The van der Waals surface area contributed by atoms with E-state index in [0.29, 0.717) is 4.88 Å². The van der Waals surface area contributed by atoms with Gasteiger partial charge in [-0.05, 0) is 23.3 Å². The number of rotatable bonds is 3. The molecule has 3 rings (SSSR count). The van der Waals surface area contributed by atoms with E-state index in [1.807, 2.05) is 24.3 Å². The van der Waals surface area contributed by atoms with E-state index < -0.39 is 23.8 Å². The predicted octanol–water partition coefficient (Wildman–Crippen LogP) is 1.50. The van der Waals surface area contributed by atoms with Crippen molar-refractivity contribution in [3.63, 3.8) is 0 Å². The van der Waals surface area contributed by atoms with E-state index >= 15 is 0 Å². The van der Waals surface area contributed by atoms with Gasteiger partial charge in [0.05, 0.1) is 9.75 Å². The summed E-state index contributed by atoms with van der Waals surface area (Å²) in [6.45, 7) is 0.232. The van der Waals surface area contributed by atoms with Gasteiger partial charge in [-0.3, -0.25) is 9.59 Å². The number of thiophene rings is 1. The number of carboxylic acids is 1. The highest BCUT2D eigenvalue weighted by Crippen LogP contribution is 2.27. The van der Waals surface area contributed by atoms with Gasteiger partial charge in [0.1, 0.15) is 6.04 Å². The van der Waals surface area contributed by atoms with Crippen LogP contribution in [0, 0.1) is 0 Å². The van der Waals surface area contributed by atoms with Gasteiger partial charge in [0.2, 0.25) is 0 Å². The minimum atomic E-state index is -1.04. The zero-order valence-corrected chi connectivity index (χ0v) is 12.9. The first kappa shape index (κ1) is 15.2. The molecule has 0 aliphatic carbocycles. The summed E-state index contributed by atoms with van der Waals surface area (Å²) in [6, 6.07) is 9.55. The van der Waals surface area contributed by atoms with Crippen molar-refractivity contribution in [2.24, 2.45) is 5.73 Å². The standard InChI is InChI=1S/C16H14N2O4S/c17-14(19)12-5-6-13(23-12)15(20)18-8-10-4-2-1-3-9(10)7-11(18)16(21)22/h1-6,11H,7-8H2,(H2,17,19)(H,21,22). The Labute approximate surface area is 136 Å². The first-order chi connectivity index (χ1) is 11.0. The summed E-state index contributed by atoms with van der Waals surface area (Å²) in [7, 11) is 0. The molecule has 118 valence electrons. The van der Waals surface area contributed by atoms with Crippen molar-refractivity contribution in [1.82, 2.24) is 4.90 Å². The smallest absolute Gasteiger partial charge is 0.326 e. The molecule has 3 N–H and O–H groups in total. The number of fused-ring (bicyclic) bond motifs is 1. The van der Waals surface area contributed by atoms with Crippen molar-refractivity contribution >= 4 is 29.1 Å². The van der Waals surface area contributed by atoms with Crippen LogP contribution in [0.2, 0.25) is 0 Å². The number of aliphatic carboxylic acids is 1. The molecule has 23 heavy (non-hydrogen) atoms. The molecule has 1 aliphatic heterocycles. The van der Waals surface area contributed by atoms with Crippen molar-refractivity contribution in [2.45, 2.75) is 19.0 Å². The predicted molar refractivity (Wildman–Crippen MR) is 84.3 cm³/mol. The van der Waals surface area contributed by atoms with Gasteiger partial charge >= 0.3 is 5.97 Å². The highest BCUT2D eigenvalue weighted by Gasteiger charge is 2.35. The Morgan fingerprint density at radius 3 is 2.35 bits per heavy atom. The van der Waals surface area contributed by atoms with Gasteiger partial charge in [0, 0.05) is 13.0 Å². The maximum absolute atomic E-state index is 12.7. The summed E-state index contributed by atoms with van der Waals surface area (Å²) >= 11 is 0.979. The quantitative estimate of drug-likeness (QED) is 0.890. The fourth-order valence-corrected chi connectivity index (χ4v) is 3.50. The van der Waals surface area contributed by atoms with Gasteiger partial charge in [-0.25, -0.2) is 4.79 Å². The molecule has 0 saturated heterocycles. The molecule has 2 heterocycles. The summed E-state index contributed by atoms with van der Waals surface area (Å²) in [5, 5.41) is 9.46. The molecule has 1 aromatic heterocycles. The minimum Gasteiger partial charge on any atom is -0.480 e. The largest absolute Gasteiger partial charge is 0.480 e. The van der Waals surface area contributed by atoms with Crippen LogP contribution in [0.5, 0.6) is 0 Å². The number of nitrogens with zero attached hydrogens (tertiary/aromatic N) is 1. The van der Waals surface area contributed by atoms with Crippen molar-refractivity contribution in [1.29, 1.82) is 0 Å². The number of carbonyl (C=O) groups excluding carboxylic acids is 2. The Hall–Kier alpha value is -2.67. The van der Waals surface area contributed by atoms with Gasteiger partial charge in [0.15, 0.2) is 0 Å². The Bertz CT molecular complexity index is 799. The monoisotopic (exact) mass is 330 g/mol. The Balaban J connectivity index is 1.94. The third kappa shape index (κ3) is 2.83. The van der Waals surface area contributed by atoms with Crippen LogP contribution >= 0.6 is 11.3 Å². The van der Waals surface area contributed by atoms with Gasteiger partial charge in [-0.15, -0.1) is 11.3 Å². The van der Waals surface area contributed by atoms with E-state index in [4.69, 9.17) is 5.73 Å². The number of hydrogen-bond donors (Lipinski definition) is 2. The lowest BCUT2D eigenvalue weighted by Crippen LogP contribution is -2.48. The molecule has 1 aliphatic rings. The Kier molecular flexibility index (Phi) is 3.87. The fourth-order valence-electron chi connectivity index (χ4n) is 2.68.